The van der Waals surface area contributed by atoms with Gasteiger partial charge in [0, 0.05) is 21.2 Å². The lowest BCUT2D eigenvalue weighted by atomic mass is 10.0. The number of aromatic nitrogens is 3. The van der Waals surface area contributed by atoms with Gasteiger partial charge in [0.1, 0.15) is 0 Å². The van der Waals surface area contributed by atoms with Gasteiger partial charge in [0.25, 0.3) is 0 Å². The van der Waals surface area contributed by atoms with E-state index in [1.807, 2.05) is 48.5 Å². The van der Waals surface area contributed by atoms with Gasteiger partial charge < -0.3 is 0 Å². The normalized spacial score (nSPS) is 11.0. The molecule has 0 radical (unpaired) electrons. The Morgan fingerprint density at radius 2 is 0.943 bits per heavy atom. The minimum absolute atomic E-state index is 0.637. The van der Waals surface area contributed by atoms with Crippen LogP contribution in [0.15, 0.2) is 126 Å². The first kappa shape index (κ1) is 21.4. The van der Waals surface area contributed by atoms with Gasteiger partial charge in [-0.15, -0.1) is 0 Å². The fourth-order valence-corrected chi connectivity index (χ4v) is 4.71. The summed E-state index contributed by atoms with van der Waals surface area (Å²) in [6.07, 6.45) is 0. The number of fused-ring (bicyclic) bond motifs is 1. The lowest BCUT2D eigenvalue weighted by Gasteiger charge is -2.11. The Labute approximate surface area is 212 Å². The molecule has 0 fully saturated rings. The second-order valence-corrected chi connectivity index (χ2v) is 9.11. The third-order valence-electron chi connectivity index (χ3n) is 6.03. The van der Waals surface area contributed by atoms with Gasteiger partial charge in [-0.05, 0) is 28.0 Å². The van der Waals surface area contributed by atoms with Gasteiger partial charge in [-0.3, -0.25) is 0 Å². The molecule has 0 atom stereocenters. The predicted octanol–water partition coefficient (Wildman–Crippen LogP) is 8.46. The predicted molar refractivity (Wildman–Crippen MR) is 147 cm³/mol. The van der Waals surface area contributed by atoms with Crippen molar-refractivity contribution in [2.75, 3.05) is 0 Å². The summed E-state index contributed by atoms with van der Waals surface area (Å²) in [6, 6.07) is 41.3. The summed E-state index contributed by atoms with van der Waals surface area (Å²) in [4.78, 5) is 14.8. The molecule has 6 rings (SSSR count). The number of nitrogens with zero attached hydrogens (tertiary/aromatic N) is 3. The zero-order valence-corrected chi connectivity index (χ0v) is 20.4. The van der Waals surface area contributed by atoms with E-state index < -0.39 is 0 Å². The van der Waals surface area contributed by atoms with Crippen LogP contribution in [0.1, 0.15) is 0 Å². The van der Waals surface area contributed by atoms with Crippen molar-refractivity contribution in [3.05, 3.63) is 126 Å². The first-order chi connectivity index (χ1) is 17.3. The van der Waals surface area contributed by atoms with Crippen LogP contribution in [-0.2, 0) is 0 Å². The van der Waals surface area contributed by atoms with Crippen LogP contribution in [0, 0.1) is 0 Å². The molecule has 5 aromatic carbocycles. The maximum absolute atomic E-state index is 4.94. The molecule has 0 amide bonds. The Morgan fingerprint density at radius 3 is 1.74 bits per heavy atom. The molecule has 0 saturated carbocycles. The van der Waals surface area contributed by atoms with Crippen molar-refractivity contribution >= 4 is 26.7 Å². The summed E-state index contributed by atoms with van der Waals surface area (Å²) in [7, 11) is 0. The third kappa shape index (κ3) is 4.25. The standard InChI is InChI=1S/C31H20BrN3/c32-28-16-7-6-14-27(28)31-34-29(24-19-17-22(18-20-24)21-9-2-1-3-10-21)33-30(35-31)26-15-8-12-23-11-4-5-13-25(23)26/h1-20H. The largest absolute Gasteiger partial charge is 0.208 e. The molecule has 0 aliphatic heterocycles. The van der Waals surface area contributed by atoms with Gasteiger partial charge in [-0.2, -0.15) is 0 Å². The monoisotopic (exact) mass is 513 g/mol. The van der Waals surface area contributed by atoms with E-state index in [2.05, 4.69) is 88.7 Å². The fourth-order valence-electron chi connectivity index (χ4n) is 4.25. The molecule has 1 aromatic heterocycles. The summed E-state index contributed by atoms with van der Waals surface area (Å²) in [5.74, 6) is 1.94. The molecule has 0 saturated heterocycles. The quantitative estimate of drug-likeness (QED) is 0.237. The van der Waals surface area contributed by atoms with E-state index in [0.717, 1.165) is 37.5 Å². The maximum Gasteiger partial charge on any atom is 0.165 e. The summed E-state index contributed by atoms with van der Waals surface area (Å²) >= 11 is 3.67. The molecule has 0 spiro atoms. The highest BCUT2D eigenvalue weighted by atomic mass is 79.9. The van der Waals surface area contributed by atoms with Crippen molar-refractivity contribution < 1.29 is 0 Å². The van der Waals surface area contributed by atoms with Crippen LogP contribution in [0.25, 0.3) is 56.1 Å². The molecule has 0 unspecified atom stereocenters. The Bertz CT molecular complexity index is 1640. The van der Waals surface area contributed by atoms with Crippen LogP contribution < -0.4 is 0 Å². The minimum Gasteiger partial charge on any atom is -0.208 e. The molecular formula is C31H20BrN3. The maximum atomic E-state index is 4.94. The van der Waals surface area contributed by atoms with Crippen molar-refractivity contribution in [2.24, 2.45) is 0 Å². The summed E-state index contributed by atoms with van der Waals surface area (Å²) in [6.45, 7) is 0. The Hall–Kier alpha value is -4.15. The molecule has 1 heterocycles. The molecule has 166 valence electrons. The van der Waals surface area contributed by atoms with E-state index in [4.69, 9.17) is 15.0 Å². The molecule has 0 bridgehead atoms. The van der Waals surface area contributed by atoms with Crippen LogP contribution in [0.3, 0.4) is 0 Å². The van der Waals surface area contributed by atoms with Gasteiger partial charge in [-0.1, -0.05) is 131 Å². The highest BCUT2D eigenvalue weighted by Crippen LogP contribution is 2.32. The van der Waals surface area contributed by atoms with Crippen LogP contribution >= 0.6 is 15.9 Å². The number of halogens is 1. The molecule has 0 aliphatic carbocycles. The van der Waals surface area contributed by atoms with Crippen molar-refractivity contribution in [3.63, 3.8) is 0 Å². The zero-order chi connectivity index (χ0) is 23.6. The zero-order valence-electron chi connectivity index (χ0n) is 18.8. The van der Waals surface area contributed by atoms with Gasteiger partial charge >= 0.3 is 0 Å². The SMILES string of the molecule is Brc1ccccc1-c1nc(-c2ccc(-c3ccccc3)cc2)nc(-c2cccc3ccccc23)n1. The summed E-state index contributed by atoms with van der Waals surface area (Å²) < 4.78 is 0.945. The minimum atomic E-state index is 0.637. The van der Waals surface area contributed by atoms with E-state index in [-0.39, 0.29) is 0 Å². The van der Waals surface area contributed by atoms with Gasteiger partial charge in [0.15, 0.2) is 17.5 Å². The number of rotatable bonds is 4. The molecule has 4 heteroatoms. The fraction of sp³-hybridized carbons (Fsp3) is 0. The third-order valence-corrected chi connectivity index (χ3v) is 6.72. The second-order valence-electron chi connectivity index (χ2n) is 8.26. The topological polar surface area (TPSA) is 38.7 Å². The number of benzene rings is 5. The average molecular weight is 514 g/mol. The van der Waals surface area contributed by atoms with Crippen molar-refractivity contribution in [1.82, 2.24) is 15.0 Å². The molecule has 6 aromatic rings. The van der Waals surface area contributed by atoms with E-state index in [1.165, 1.54) is 5.56 Å². The van der Waals surface area contributed by atoms with Gasteiger partial charge in [0.2, 0.25) is 0 Å². The highest BCUT2D eigenvalue weighted by Gasteiger charge is 2.15. The van der Waals surface area contributed by atoms with Crippen LogP contribution in [-0.4, -0.2) is 15.0 Å². The molecular weight excluding hydrogens is 494 g/mol. The molecule has 3 nitrogen and oxygen atoms in total. The molecule has 0 aliphatic rings. The van der Waals surface area contributed by atoms with E-state index in [1.54, 1.807) is 0 Å². The number of hydrogen-bond acceptors (Lipinski definition) is 3. The molecule has 0 N–H and O–H groups in total. The van der Waals surface area contributed by atoms with Crippen LogP contribution in [0.2, 0.25) is 0 Å². The van der Waals surface area contributed by atoms with Gasteiger partial charge in [-0.25, -0.2) is 15.0 Å². The lowest BCUT2D eigenvalue weighted by Crippen LogP contribution is -2.01. The first-order valence-corrected chi connectivity index (χ1v) is 12.2. The van der Waals surface area contributed by atoms with Crippen molar-refractivity contribution in [3.8, 4) is 45.3 Å². The van der Waals surface area contributed by atoms with Crippen molar-refractivity contribution in [2.45, 2.75) is 0 Å². The summed E-state index contributed by atoms with van der Waals surface area (Å²) in [5, 5.41) is 2.27. The van der Waals surface area contributed by atoms with Crippen LogP contribution in [0.5, 0.6) is 0 Å². The first-order valence-electron chi connectivity index (χ1n) is 11.4. The Kier molecular flexibility index (Phi) is 5.65. The van der Waals surface area contributed by atoms with E-state index >= 15 is 0 Å². The Balaban J connectivity index is 1.53. The number of hydrogen-bond donors (Lipinski definition) is 0. The Morgan fingerprint density at radius 1 is 0.400 bits per heavy atom. The smallest absolute Gasteiger partial charge is 0.165 e. The summed E-state index contributed by atoms with van der Waals surface area (Å²) in [5.41, 5.74) is 5.20. The lowest BCUT2D eigenvalue weighted by molar-refractivity contribution is 1.07. The van der Waals surface area contributed by atoms with Crippen molar-refractivity contribution in [1.29, 1.82) is 0 Å². The second kappa shape index (κ2) is 9.24. The average Bonchev–Trinajstić information content (AvgIpc) is 2.93. The van der Waals surface area contributed by atoms with E-state index in [9.17, 15) is 0 Å². The van der Waals surface area contributed by atoms with E-state index in [0.29, 0.717) is 17.5 Å². The van der Waals surface area contributed by atoms with Crippen LogP contribution in [0.4, 0.5) is 0 Å². The highest BCUT2D eigenvalue weighted by molar-refractivity contribution is 9.10. The molecule has 35 heavy (non-hydrogen) atoms. The van der Waals surface area contributed by atoms with Gasteiger partial charge in [0.05, 0.1) is 0 Å².